The van der Waals surface area contributed by atoms with Gasteiger partial charge in [0.1, 0.15) is 0 Å². The molecular weight excluding hydrogens is 417 g/mol. The van der Waals surface area contributed by atoms with Gasteiger partial charge in [-0.05, 0) is 58.6 Å². The predicted molar refractivity (Wildman–Crippen MR) is 123 cm³/mol. The number of rotatable bonds is 17. The van der Waals surface area contributed by atoms with Gasteiger partial charge in [0, 0.05) is 0 Å². The number of benzene rings is 1. The molecule has 0 aromatic heterocycles. The molecule has 0 aliphatic rings. The molecule has 32 heavy (non-hydrogen) atoms. The molecule has 0 bridgehead atoms. The average molecular weight is 461 g/mol. The van der Waals surface area contributed by atoms with Gasteiger partial charge in [-0.2, -0.15) is 13.2 Å². The van der Waals surface area contributed by atoms with Crippen LogP contribution in [0.2, 0.25) is 0 Å². The second kappa shape index (κ2) is 15.7. The fourth-order valence-electron chi connectivity index (χ4n) is 3.54. The molecule has 1 rings (SSSR count). The first kappa shape index (κ1) is 28.9. The van der Waals surface area contributed by atoms with E-state index in [9.17, 15) is 13.2 Å². The minimum absolute atomic E-state index is 0.0542. The number of halogens is 3. The van der Waals surface area contributed by atoms with Crippen LogP contribution in [0.3, 0.4) is 0 Å². The Morgan fingerprint density at radius 3 is 1.94 bits per heavy atom. The topological polar surface area (TPSA) is 27.7 Å². The number of hydrogen-bond donors (Lipinski definition) is 0. The van der Waals surface area contributed by atoms with E-state index in [4.69, 9.17) is 14.2 Å². The molecule has 1 unspecified atom stereocenters. The minimum Gasteiger partial charge on any atom is -0.327 e. The molecule has 0 N–H and O–H groups in total. The van der Waals surface area contributed by atoms with Crippen molar-refractivity contribution >= 4 is 0 Å². The van der Waals surface area contributed by atoms with Crippen LogP contribution in [-0.2, 0) is 26.8 Å². The molecule has 3 nitrogen and oxygen atoms in total. The predicted octanol–water partition coefficient (Wildman–Crippen LogP) is 8.30. The van der Waals surface area contributed by atoms with Crippen molar-refractivity contribution in [2.75, 3.05) is 0 Å². The summed E-state index contributed by atoms with van der Waals surface area (Å²) in [7, 11) is 0. The third kappa shape index (κ3) is 13.4. The fraction of sp³-hybridized carbons (Fsp3) is 0.769. The third-order valence-corrected chi connectivity index (χ3v) is 5.21. The summed E-state index contributed by atoms with van der Waals surface area (Å²) in [6, 6.07) is 5.56. The van der Waals surface area contributed by atoms with E-state index in [1.807, 2.05) is 27.7 Å². The monoisotopic (exact) mass is 460 g/mol. The Bertz CT molecular complexity index is 592. The fourth-order valence-corrected chi connectivity index (χ4v) is 3.54. The summed E-state index contributed by atoms with van der Waals surface area (Å²) in [6.45, 7) is 9.14. The van der Waals surface area contributed by atoms with E-state index in [0.29, 0.717) is 18.4 Å². The summed E-state index contributed by atoms with van der Waals surface area (Å²) in [6.07, 6.45) is 5.80. The van der Waals surface area contributed by atoms with Crippen molar-refractivity contribution in [2.45, 2.75) is 130 Å². The van der Waals surface area contributed by atoms with Crippen LogP contribution >= 0.6 is 0 Å². The van der Waals surface area contributed by atoms with E-state index < -0.39 is 18.2 Å². The highest BCUT2D eigenvalue weighted by atomic mass is 19.4. The standard InChI is InChI=1S/C26H43F3O3/c1-6-7-8-9-10-11-12-16-24(32-25(30-20(2)3)31-21(4)5)18-17-22-14-13-15-23(19-22)26(27,28)29/h13-15,19-21,24-25H,6-12,16-18H2,1-5H3. The maximum atomic E-state index is 13.0. The molecule has 0 aliphatic carbocycles. The van der Waals surface area contributed by atoms with Crippen LogP contribution in [0.5, 0.6) is 0 Å². The van der Waals surface area contributed by atoms with Crippen molar-refractivity contribution in [3.05, 3.63) is 35.4 Å². The Balaban J connectivity index is 2.71. The van der Waals surface area contributed by atoms with Crippen LogP contribution in [0, 0.1) is 0 Å². The Labute approximate surface area is 193 Å². The highest BCUT2D eigenvalue weighted by Gasteiger charge is 2.30. The number of aryl methyl sites for hydroxylation is 1. The molecule has 0 spiro atoms. The second-order valence-electron chi connectivity index (χ2n) is 9.06. The first-order valence-corrected chi connectivity index (χ1v) is 12.2. The van der Waals surface area contributed by atoms with Crippen LogP contribution in [0.15, 0.2) is 24.3 Å². The number of alkyl halides is 3. The summed E-state index contributed by atoms with van der Waals surface area (Å²) in [4.78, 5) is 0. The molecule has 0 fully saturated rings. The zero-order chi connectivity index (χ0) is 24.0. The highest BCUT2D eigenvalue weighted by molar-refractivity contribution is 5.25. The molecule has 6 heteroatoms. The second-order valence-corrected chi connectivity index (χ2v) is 9.06. The molecular formula is C26H43F3O3. The highest BCUT2D eigenvalue weighted by Crippen LogP contribution is 2.30. The first-order chi connectivity index (χ1) is 15.1. The molecule has 1 aromatic carbocycles. The van der Waals surface area contributed by atoms with Crippen molar-refractivity contribution in [1.82, 2.24) is 0 Å². The van der Waals surface area contributed by atoms with Gasteiger partial charge in [-0.3, -0.25) is 0 Å². The quantitative estimate of drug-likeness (QED) is 0.173. The van der Waals surface area contributed by atoms with Crippen molar-refractivity contribution in [3.8, 4) is 0 Å². The van der Waals surface area contributed by atoms with E-state index in [2.05, 4.69) is 6.92 Å². The third-order valence-electron chi connectivity index (χ3n) is 5.21. The van der Waals surface area contributed by atoms with Crippen molar-refractivity contribution in [1.29, 1.82) is 0 Å². The number of ether oxygens (including phenoxy) is 3. The van der Waals surface area contributed by atoms with E-state index in [1.54, 1.807) is 6.07 Å². The average Bonchev–Trinajstić information content (AvgIpc) is 2.69. The molecule has 1 atom stereocenters. The van der Waals surface area contributed by atoms with Crippen molar-refractivity contribution < 1.29 is 27.4 Å². The zero-order valence-electron chi connectivity index (χ0n) is 20.5. The van der Waals surface area contributed by atoms with E-state index in [1.165, 1.54) is 44.2 Å². The lowest BCUT2D eigenvalue weighted by Crippen LogP contribution is -2.32. The molecule has 186 valence electrons. The maximum absolute atomic E-state index is 13.0. The number of hydrogen-bond acceptors (Lipinski definition) is 3. The van der Waals surface area contributed by atoms with Crippen LogP contribution in [0.4, 0.5) is 13.2 Å². The lowest BCUT2D eigenvalue weighted by Gasteiger charge is -2.28. The van der Waals surface area contributed by atoms with Gasteiger partial charge in [0.15, 0.2) is 0 Å². The Morgan fingerprint density at radius 1 is 0.781 bits per heavy atom. The van der Waals surface area contributed by atoms with E-state index in [0.717, 1.165) is 25.3 Å². The van der Waals surface area contributed by atoms with E-state index in [-0.39, 0.29) is 18.3 Å². The van der Waals surface area contributed by atoms with Gasteiger partial charge in [0.2, 0.25) is 0 Å². The van der Waals surface area contributed by atoms with Gasteiger partial charge in [0.25, 0.3) is 6.48 Å². The van der Waals surface area contributed by atoms with Gasteiger partial charge in [0.05, 0.1) is 23.9 Å². The lowest BCUT2D eigenvalue weighted by molar-refractivity contribution is -0.327. The number of unbranched alkanes of at least 4 members (excludes halogenated alkanes) is 6. The molecule has 0 saturated heterocycles. The Morgan fingerprint density at radius 2 is 1.38 bits per heavy atom. The van der Waals surface area contributed by atoms with E-state index >= 15 is 0 Å². The summed E-state index contributed by atoms with van der Waals surface area (Å²) in [5, 5.41) is 0. The molecule has 0 saturated carbocycles. The summed E-state index contributed by atoms with van der Waals surface area (Å²) < 4.78 is 56.9. The molecule has 0 amide bonds. The van der Waals surface area contributed by atoms with Gasteiger partial charge < -0.3 is 14.2 Å². The molecule has 1 aromatic rings. The van der Waals surface area contributed by atoms with Gasteiger partial charge in [-0.15, -0.1) is 0 Å². The van der Waals surface area contributed by atoms with Crippen molar-refractivity contribution in [2.24, 2.45) is 0 Å². The van der Waals surface area contributed by atoms with Crippen LogP contribution in [0.1, 0.15) is 104 Å². The smallest absolute Gasteiger partial charge is 0.327 e. The normalized spacial score (nSPS) is 13.5. The van der Waals surface area contributed by atoms with Crippen LogP contribution in [0.25, 0.3) is 0 Å². The van der Waals surface area contributed by atoms with Crippen molar-refractivity contribution in [3.63, 3.8) is 0 Å². The minimum atomic E-state index is -4.33. The maximum Gasteiger partial charge on any atom is 0.416 e. The summed E-state index contributed by atoms with van der Waals surface area (Å²) >= 11 is 0. The largest absolute Gasteiger partial charge is 0.416 e. The van der Waals surface area contributed by atoms with Gasteiger partial charge in [-0.25, -0.2) is 0 Å². The molecule has 0 aliphatic heterocycles. The van der Waals surface area contributed by atoms with Gasteiger partial charge >= 0.3 is 6.18 Å². The SMILES string of the molecule is CCCCCCCCCC(CCc1cccc(C(F)(F)F)c1)OC(OC(C)C)OC(C)C. The molecule has 0 radical (unpaired) electrons. The van der Waals surface area contributed by atoms with Gasteiger partial charge in [-0.1, -0.05) is 70.1 Å². The van der Waals surface area contributed by atoms with Crippen LogP contribution < -0.4 is 0 Å². The lowest BCUT2D eigenvalue weighted by atomic mass is 10.00. The van der Waals surface area contributed by atoms with Crippen LogP contribution in [-0.4, -0.2) is 24.8 Å². The Kier molecular flexibility index (Phi) is 14.2. The first-order valence-electron chi connectivity index (χ1n) is 12.2. The Hall–Kier alpha value is -1.11. The summed E-state index contributed by atoms with van der Waals surface area (Å²) in [5.74, 6) is 0. The summed E-state index contributed by atoms with van der Waals surface area (Å²) in [5.41, 5.74) is 0.0582. The molecule has 0 heterocycles. The zero-order valence-corrected chi connectivity index (χ0v) is 20.5.